The number of amides is 1. The van der Waals surface area contributed by atoms with Gasteiger partial charge in [0.15, 0.2) is 0 Å². The predicted octanol–water partition coefficient (Wildman–Crippen LogP) is 0.594. The van der Waals surface area contributed by atoms with E-state index in [1.807, 2.05) is 31.7 Å². The van der Waals surface area contributed by atoms with Crippen LogP contribution in [0.2, 0.25) is 0 Å². The van der Waals surface area contributed by atoms with E-state index in [0.29, 0.717) is 5.46 Å². The molecule has 1 aromatic rings. The molecule has 2 aliphatic heterocycles. The molecule has 0 saturated carbocycles. The minimum atomic E-state index is -1.48. The first kappa shape index (κ1) is 19.1. The number of ether oxygens (including phenoxy) is 1. The molecule has 2 fully saturated rings. The van der Waals surface area contributed by atoms with Gasteiger partial charge in [0.05, 0.1) is 5.69 Å². The van der Waals surface area contributed by atoms with E-state index in [1.54, 1.807) is 6.07 Å². The first-order valence-corrected chi connectivity index (χ1v) is 9.17. The van der Waals surface area contributed by atoms with Crippen LogP contribution in [0.5, 0.6) is 0 Å². The Bertz CT molecular complexity index is 647. The Labute approximate surface area is 155 Å². The van der Waals surface area contributed by atoms with E-state index in [4.69, 9.17) is 14.8 Å². The molecule has 3 heterocycles. The minimum Gasteiger partial charge on any atom is -0.444 e. The van der Waals surface area contributed by atoms with Crippen LogP contribution in [0, 0.1) is 5.41 Å². The van der Waals surface area contributed by atoms with E-state index in [0.717, 1.165) is 51.3 Å². The van der Waals surface area contributed by atoms with Crippen LogP contribution in [-0.2, 0) is 11.3 Å². The molecule has 0 aliphatic carbocycles. The summed E-state index contributed by atoms with van der Waals surface area (Å²) in [5, 5.41) is 18.3. The van der Waals surface area contributed by atoms with Crippen molar-refractivity contribution in [3.63, 3.8) is 0 Å². The summed E-state index contributed by atoms with van der Waals surface area (Å²) in [5.74, 6) is 0. The average Bonchev–Trinajstić information content (AvgIpc) is 3.14. The molecule has 1 aromatic heterocycles. The van der Waals surface area contributed by atoms with Gasteiger partial charge in [-0.15, -0.1) is 0 Å². The molecule has 1 amide bonds. The Morgan fingerprint density at radius 3 is 2.62 bits per heavy atom. The van der Waals surface area contributed by atoms with Crippen LogP contribution in [0.15, 0.2) is 18.3 Å². The van der Waals surface area contributed by atoms with Gasteiger partial charge in [-0.05, 0) is 46.2 Å². The van der Waals surface area contributed by atoms with E-state index < -0.39 is 12.7 Å². The van der Waals surface area contributed by atoms with Gasteiger partial charge in [0.1, 0.15) is 5.60 Å². The molecule has 0 radical (unpaired) electrons. The molecule has 8 heteroatoms. The second-order valence-electron chi connectivity index (χ2n) is 8.57. The highest BCUT2D eigenvalue weighted by Crippen LogP contribution is 2.40. The fourth-order valence-corrected chi connectivity index (χ4v) is 3.82. The molecule has 1 atom stereocenters. The number of hydrogen-bond donors (Lipinski definition) is 2. The van der Waals surface area contributed by atoms with Gasteiger partial charge < -0.3 is 19.7 Å². The van der Waals surface area contributed by atoms with Crippen LogP contribution in [-0.4, -0.2) is 69.8 Å². The zero-order valence-corrected chi connectivity index (χ0v) is 15.8. The van der Waals surface area contributed by atoms with Crippen LogP contribution >= 0.6 is 0 Å². The maximum atomic E-state index is 12.3. The fraction of sp³-hybridized carbons (Fsp3) is 0.667. The van der Waals surface area contributed by atoms with E-state index >= 15 is 0 Å². The normalized spacial score (nSPS) is 23.7. The van der Waals surface area contributed by atoms with Crippen molar-refractivity contribution < 1.29 is 19.6 Å². The highest BCUT2D eigenvalue weighted by Gasteiger charge is 2.45. The van der Waals surface area contributed by atoms with Gasteiger partial charge in [-0.2, -0.15) is 0 Å². The zero-order chi connectivity index (χ0) is 18.9. The zero-order valence-electron chi connectivity index (χ0n) is 15.8. The first-order chi connectivity index (χ1) is 12.2. The molecule has 0 aromatic carbocycles. The van der Waals surface area contributed by atoms with Crippen LogP contribution < -0.4 is 5.46 Å². The number of aromatic nitrogens is 1. The molecule has 0 bridgehead atoms. The highest BCUT2D eigenvalue weighted by molar-refractivity contribution is 6.58. The Morgan fingerprint density at radius 1 is 1.27 bits per heavy atom. The number of carbonyl (C=O) groups is 1. The second kappa shape index (κ2) is 7.17. The number of nitrogens with zero attached hydrogens (tertiary/aromatic N) is 3. The van der Waals surface area contributed by atoms with Crippen molar-refractivity contribution in [1.82, 2.24) is 14.8 Å². The SMILES string of the molecule is CC(C)(C)OC(=O)N1CCC2(CCN(Cc3ccc(B(O)O)cn3)C2)C1. The first-order valence-electron chi connectivity index (χ1n) is 9.17. The summed E-state index contributed by atoms with van der Waals surface area (Å²) in [6, 6.07) is 3.53. The van der Waals surface area contributed by atoms with Crippen molar-refractivity contribution in [2.24, 2.45) is 5.41 Å². The van der Waals surface area contributed by atoms with Crippen molar-refractivity contribution in [2.45, 2.75) is 45.8 Å². The molecule has 2 N–H and O–H groups in total. The van der Waals surface area contributed by atoms with Gasteiger partial charge in [-0.1, -0.05) is 6.07 Å². The molecular weight excluding hydrogens is 333 g/mol. The molecule has 2 aliphatic rings. The third-order valence-corrected chi connectivity index (χ3v) is 5.14. The number of hydrogen-bond acceptors (Lipinski definition) is 6. The molecular formula is C18H28BN3O4. The number of rotatable bonds is 3. The molecule has 3 rings (SSSR count). The monoisotopic (exact) mass is 361 g/mol. The van der Waals surface area contributed by atoms with Crippen molar-refractivity contribution in [3.8, 4) is 0 Å². The van der Waals surface area contributed by atoms with Crippen LogP contribution in [0.1, 0.15) is 39.3 Å². The third-order valence-electron chi connectivity index (χ3n) is 5.14. The van der Waals surface area contributed by atoms with Crippen LogP contribution in [0.3, 0.4) is 0 Å². The number of likely N-dealkylation sites (tertiary alicyclic amines) is 2. The predicted molar refractivity (Wildman–Crippen MR) is 98.8 cm³/mol. The van der Waals surface area contributed by atoms with Gasteiger partial charge in [0, 0.05) is 43.3 Å². The van der Waals surface area contributed by atoms with Crippen molar-refractivity contribution in [2.75, 3.05) is 26.2 Å². The summed E-state index contributed by atoms with van der Waals surface area (Å²) in [6.45, 7) is 9.83. The molecule has 1 spiro atoms. The quantitative estimate of drug-likeness (QED) is 0.767. The van der Waals surface area contributed by atoms with E-state index in [-0.39, 0.29) is 11.5 Å². The molecule has 26 heavy (non-hydrogen) atoms. The van der Waals surface area contributed by atoms with Crippen molar-refractivity contribution >= 4 is 18.7 Å². The average molecular weight is 361 g/mol. The van der Waals surface area contributed by atoms with Crippen LogP contribution in [0.4, 0.5) is 4.79 Å². The molecule has 7 nitrogen and oxygen atoms in total. The lowest BCUT2D eigenvalue weighted by atomic mass is 9.82. The number of pyridine rings is 1. The fourth-order valence-electron chi connectivity index (χ4n) is 3.82. The van der Waals surface area contributed by atoms with Gasteiger partial charge in [0.25, 0.3) is 0 Å². The van der Waals surface area contributed by atoms with E-state index in [1.165, 1.54) is 6.20 Å². The largest absolute Gasteiger partial charge is 0.490 e. The maximum Gasteiger partial charge on any atom is 0.490 e. The van der Waals surface area contributed by atoms with E-state index in [9.17, 15) is 4.79 Å². The molecule has 1 unspecified atom stereocenters. The highest BCUT2D eigenvalue weighted by atomic mass is 16.6. The summed E-state index contributed by atoms with van der Waals surface area (Å²) in [5.41, 5.74) is 0.996. The van der Waals surface area contributed by atoms with Gasteiger partial charge in [0.2, 0.25) is 0 Å². The lowest BCUT2D eigenvalue weighted by Gasteiger charge is -2.27. The summed E-state index contributed by atoms with van der Waals surface area (Å²) in [6.07, 6.45) is 3.37. The lowest BCUT2D eigenvalue weighted by molar-refractivity contribution is 0.0274. The van der Waals surface area contributed by atoms with Crippen LogP contribution in [0.25, 0.3) is 0 Å². The van der Waals surface area contributed by atoms with Gasteiger partial charge >= 0.3 is 13.2 Å². The second-order valence-corrected chi connectivity index (χ2v) is 8.57. The van der Waals surface area contributed by atoms with Crippen molar-refractivity contribution in [1.29, 1.82) is 0 Å². The Morgan fingerprint density at radius 2 is 2.00 bits per heavy atom. The topological polar surface area (TPSA) is 86.1 Å². The van der Waals surface area contributed by atoms with Gasteiger partial charge in [-0.25, -0.2) is 4.79 Å². The molecule has 2 saturated heterocycles. The standard InChI is InChI=1S/C18H28BN3O4/c1-17(2,3)26-16(23)22-9-7-18(13-22)6-8-21(12-18)11-15-5-4-14(10-20-15)19(24)25/h4-5,10,24-25H,6-9,11-13H2,1-3H3. The Hall–Kier alpha value is -1.64. The van der Waals surface area contributed by atoms with E-state index in [2.05, 4.69) is 9.88 Å². The summed E-state index contributed by atoms with van der Waals surface area (Å²) < 4.78 is 5.50. The summed E-state index contributed by atoms with van der Waals surface area (Å²) in [7, 11) is -1.48. The Balaban J connectivity index is 1.54. The smallest absolute Gasteiger partial charge is 0.444 e. The minimum absolute atomic E-state index is 0.151. The Kier molecular flexibility index (Phi) is 5.28. The van der Waals surface area contributed by atoms with Crippen molar-refractivity contribution in [3.05, 3.63) is 24.0 Å². The number of carbonyl (C=O) groups excluding carboxylic acids is 1. The third kappa shape index (κ3) is 4.55. The molecule has 142 valence electrons. The summed E-state index contributed by atoms with van der Waals surface area (Å²) in [4.78, 5) is 20.8. The lowest BCUT2D eigenvalue weighted by Crippen LogP contribution is -2.37. The summed E-state index contributed by atoms with van der Waals surface area (Å²) >= 11 is 0. The maximum absolute atomic E-state index is 12.3. The van der Waals surface area contributed by atoms with Gasteiger partial charge in [-0.3, -0.25) is 9.88 Å².